The number of H-pyrrole nitrogens is 1. The van der Waals surface area contributed by atoms with Gasteiger partial charge in [0.05, 0.1) is 16.6 Å². The number of fused-ring (bicyclic) bond motifs is 1. The van der Waals surface area contributed by atoms with Crippen molar-refractivity contribution < 1.29 is 8.42 Å². The van der Waals surface area contributed by atoms with Gasteiger partial charge in [-0.25, -0.2) is 17.9 Å². The van der Waals surface area contributed by atoms with Gasteiger partial charge in [-0.3, -0.25) is 14.3 Å². The molecule has 31 heavy (non-hydrogen) atoms. The maximum absolute atomic E-state index is 13.2. The van der Waals surface area contributed by atoms with Crippen LogP contribution in [0, 0.1) is 0 Å². The van der Waals surface area contributed by atoms with Gasteiger partial charge >= 0.3 is 5.69 Å². The summed E-state index contributed by atoms with van der Waals surface area (Å²) in [6.45, 7) is 1.49. The fraction of sp³-hybridized carbons (Fsp3) is 0.333. The Bertz CT molecular complexity index is 1320. The number of hydrogen-bond acceptors (Lipinski definition) is 6. The average molecular weight is 444 g/mol. The number of para-hydroxylation sites is 1. The highest BCUT2D eigenvalue weighted by Crippen LogP contribution is 2.27. The van der Waals surface area contributed by atoms with Gasteiger partial charge in [0.1, 0.15) is 4.90 Å². The third-order valence-electron chi connectivity index (χ3n) is 5.73. The van der Waals surface area contributed by atoms with Crippen molar-refractivity contribution in [3.05, 3.63) is 63.3 Å². The van der Waals surface area contributed by atoms with E-state index in [-0.39, 0.29) is 16.3 Å². The lowest BCUT2D eigenvalue weighted by molar-refractivity contribution is 0.460. The van der Waals surface area contributed by atoms with Gasteiger partial charge in [-0.1, -0.05) is 18.2 Å². The molecule has 1 aliphatic rings. The van der Waals surface area contributed by atoms with Gasteiger partial charge in [-0.2, -0.15) is 0 Å². The first-order valence-electron chi connectivity index (χ1n) is 10.1. The molecular formula is C21H25N5O4S. The zero-order valence-electron chi connectivity index (χ0n) is 17.4. The second kappa shape index (κ2) is 8.20. The minimum absolute atomic E-state index is 0.0165. The van der Waals surface area contributed by atoms with Crippen LogP contribution in [-0.4, -0.2) is 44.1 Å². The Morgan fingerprint density at radius 2 is 1.74 bits per heavy atom. The summed E-state index contributed by atoms with van der Waals surface area (Å²) in [5, 5.41) is 3.01. The molecule has 3 aromatic rings. The number of aromatic amines is 1. The van der Waals surface area contributed by atoms with Crippen LogP contribution in [-0.2, 0) is 17.1 Å². The summed E-state index contributed by atoms with van der Waals surface area (Å²) in [6.07, 6.45) is 1.34. The van der Waals surface area contributed by atoms with Crippen LogP contribution in [0.15, 0.2) is 56.9 Å². The summed E-state index contributed by atoms with van der Waals surface area (Å²) in [5.41, 5.74) is 0.628. The molecule has 0 amide bonds. The Balaban J connectivity index is 1.60. The van der Waals surface area contributed by atoms with E-state index in [2.05, 4.69) is 19.9 Å². The van der Waals surface area contributed by atoms with Crippen LogP contribution in [0.3, 0.4) is 0 Å². The zero-order valence-corrected chi connectivity index (χ0v) is 18.2. The number of benzene rings is 2. The quantitative estimate of drug-likeness (QED) is 0.546. The number of nitrogens with zero attached hydrogens (tertiary/aromatic N) is 2. The SMILES string of the molecule is CNc1cc2c(cc1S(=O)(=O)NC1CCN(c3ccccc3)CC1)c(=O)[nH]c(=O)n2C. The Morgan fingerprint density at radius 3 is 2.39 bits per heavy atom. The zero-order chi connectivity index (χ0) is 22.2. The van der Waals surface area contributed by atoms with Crippen molar-refractivity contribution in [2.75, 3.05) is 30.4 Å². The molecule has 1 aliphatic heterocycles. The molecule has 0 radical (unpaired) electrons. The number of sulfonamides is 1. The number of hydrogen-bond donors (Lipinski definition) is 3. The minimum atomic E-state index is -3.89. The van der Waals surface area contributed by atoms with E-state index in [4.69, 9.17) is 0 Å². The minimum Gasteiger partial charge on any atom is -0.387 e. The maximum Gasteiger partial charge on any atom is 0.328 e. The van der Waals surface area contributed by atoms with Crippen LogP contribution in [0.4, 0.5) is 11.4 Å². The summed E-state index contributed by atoms with van der Waals surface area (Å²) in [6, 6.07) is 12.7. The highest BCUT2D eigenvalue weighted by atomic mass is 32.2. The molecule has 2 heterocycles. The molecule has 1 fully saturated rings. The lowest BCUT2D eigenvalue weighted by Gasteiger charge is -2.33. The molecule has 0 atom stereocenters. The van der Waals surface area contributed by atoms with Gasteiger partial charge in [0, 0.05) is 38.9 Å². The molecule has 0 saturated carbocycles. The van der Waals surface area contributed by atoms with Crippen LogP contribution in [0.2, 0.25) is 0 Å². The van der Waals surface area contributed by atoms with E-state index < -0.39 is 21.3 Å². The first kappa shape index (κ1) is 21.1. The predicted molar refractivity (Wildman–Crippen MR) is 121 cm³/mol. The van der Waals surface area contributed by atoms with Crippen molar-refractivity contribution >= 4 is 32.3 Å². The second-order valence-electron chi connectivity index (χ2n) is 7.65. The van der Waals surface area contributed by atoms with Crippen molar-refractivity contribution in [2.45, 2.75) is 23.8 Å². The molecule has 1 saturated heterocycles. The second-order valence-corrected chi connectivity index (χ2v) is 9.33. The molecule has 4 rings (SSSR count). The monoisotopic (exact) mass is 443 g/mol. The number of piperidine rings is 1. The van der Waals surface area contributed by atoms with Gasteiger partial charge in [-0.05, 0) is 37.1 Å². The fourth-order valence-electron chi connectivity index (χ4n) is 3.98. The Hall–Kier alpha value is -3.11. The van der Waals surface area contributed by atoms with Crippen LogP contribution in [0.1, 0.15) is 12.8 Å². The molecule has 1 aromatic heterocycles. The molecule has 2 aromatic carbocycles. The highest BCUT2D eigenvalue weighted by molar-refractivity contribution is 7.89. The summed E-state index contributed by atoms with van der Waals surface area (Å²) < 4.78 is 30.5. The highest BCUT2D eigenvalue weighted by Gasteiger charge is 2.27. The summed E-state index contributed by atoms with van der Waals surface area (Å²) in [5.74, 6) is 0. The van der Waals surface area contributed by atoms with E-state index in [1.165, 1.54) is 23.7 Å². The molecule has 3 N–H and O–H groups in total. The van der Waals surface area contributed by atoms with E-state index in [0.717, 1.165) is 18.8 Å². The Labute approximate surface area is 179 Å². The van der Waals surface area contributed by atoms with Crippen LogP contribution >= 0.6 is 0 Å². The first-order valence-corrected chi connectivity index (χ1v) is 11.6. The van der Waals surface area contributed by atoms with Crippen LogP contribution in [0.25, 0.3) is 10.9 Å². The number of aromatic nitrogens is 2. The average Bonchev–Trinajstić information content (AvgIpc) is 2.77. The van der Waals surface area contributed by atoms with Gasteiger partial charge in [0.2, 0.25) is 10.0 Å². The summed E-state index contributed by atoms with van der Waals surface area (Å²) in [7, 11) is -0.765. The van der Waals surface area contributed by atoms with E-state index in [0.29, 0.717) is 24.0 Å². The Kier molecular flexibility index (Phi) is 5.59. The number of anilines is 2. The lowest BCUT2D eigenvalue weighted by atomic mass is 10.1. The van der Waals surface area contributed by atoms with E-state index in [1.807, 2.05) is 30.3 Å². The van der Waals surface area contributed by atoms with Crippen molar-refractivity contribution in [3.8, 4) is 0 Å². The molecule has 164 valence electrons. The third-order valence-corrected chi connectivity index (χ3v) is 7.29. The Morgan fingerprint density at radius 1 is 1.06 bits per heavy atom. The van der Waals surface area contributed by atoms with Crippen LogP contribution in [0.5, 0.6) is 0 Å². The smallest absolute Gasteiger partial charge is 0.328 e. The molecule has 0 unspecified atom stereocenters. The fourth-order valence-corrected chi connectivity index (χ4v) is 5.51. The van der Waals surface area contributed by atoms with Crippen molar-refractivity contribution in [1.82, 2.24) is 14.3 Å². The van der Waals surface area contributed by atoms with E-state index in [9.17, 15) is 18.0 Å². The molecular weight excluding hydrogens is 418 g/mol. The van der Waals surface area contributed by atoms with Crippen molar-refractivity contribution in [3.63, 3.8) is 0 Å². The van der Waals surface area contributed by atoms with Gasteiger partial charge < -0.3 is 10.2 Å². The maximum atomic E-state index is 13.2. The van der Waals surface area contributed by atoms with E-state index >= 15 is 0 Å². The van der Waals surface area contributed by atoms with Gasteiger partial charge in [0.15, 0.2) is 0 Å². The van der Waals surface area contributed by atoms with Crippen LogP contribution < -0.4 is 26.2 Å². The lowest BCUT2D eigenvalue weighted by Crippen LogP contribution is -2.44. The molecule has 9 nitrogen and oxygen atoms in total. The molecule has 10 heteroatoms. The van der Waals surface area contributed by atoms with Crippen molar-refractivity contribution in [1.29, 1.82) is 0 Å². The normalized spacial score (nSPS) is 15.4. The third kappa shape index (κ3) is 4.08. The number of rotatable bonds is 5. The first-order chi connectivity index (χ1) is 14.8. The molecule has 0 spiro atoms. The molecule has 0 aliphatic carbocycles. The van der Waals surface area contributed by atoms with Crippen molar-refractivity contribution in [2.24, 2.45) is 7.05 Å². The predicted octanol–water partition coefficient (Wildman–Crippen LogP) is 1.22. The van der Waals surface area contributed by atoms with Gasteiger partial charge in [0.25, 0.3) is 5.56 Å². The number of nitrogens with one attached hydrogen (secondary N) is 3. The summed E-state index contributed by atoms with van der Waals surface area (Å²) >= 11 is 0. The number of aryl methyl sites for hydroxylation is 1. The largest absolute Gasteiger partial charge is 0.387 e. The van der Waals surface area contributed by atoms with Gasteiger partial charge in [-0.15, -0.1) is 0 Å². The standard InChI is InChI=1S/C21H25N5O4S/c1-22-17-13-18-16(20(27)23-21(28)25(18)2)12-19(17)31(29,30)24-14-8-10-26(11-9-14)15-6-4-3-5-7-15/h3-7,12-14,22,24H,8-11H2,1-2H3,(H,23,27,28). The van der Waals surface area contributed by atoms with E-state index in [1.54, 1.807) is 7.05 Å². The summed E-state index contributed by atoms with van der Waals surface area (Å²) in [4.78, 5) is 28.6. The topological polar surface area (TPSA) is 116 Å². The molecule has 0 bridgehead atoms.